The summed E-state index contributed by atoms with van der Waals surface area (Å²) in [6, 6.07) is 12.8. The third-order valence-electron chi connectivity index (χ3n) is 4.28. The van der Waals surface area contributed by atoms with Gasteiger partial charge in [0.25, 0.3) is 5.89 Å². The van der Waals surface area contributed by atoms with Crippen molar-refractivity contribution in [1.29, 1.82) is 0 Å². The second kappa shape index (κ2) is 9.59. The van der Waals surface area contributed by atoms with Gasteiger partial charge in [-0.2, -0.15) is 0 Å². The number of hydrogen-bond donors (Lipinski definition) is 1. The van der Waals surface area contributed by atoms with E-state index in [1.54, 1.807) is 33.5 Å². The van der Waals surface area contributed by atoms with Gasteiger partial charge in [-0.05, 0) is 29.8 Å². The van der Waals surface area contributed by atoms with Crippen LogP contribution in [0.2, 0.25) is 0 Å². The Kier molecular flexibility index (Phi) is 6.67. The molecular formula is C21H23N3O5. The van der Waals surface area contributed by atoms with E-state index in [2.05, 4.69) is 15.5 Å². The fourth-order valence-electron chi connectivity index (χ4n) is 2.83. The summed E-state index contributed by atoms with van der Waals surface area (Å²) in [6.07, 6.45) is 0.663. The monoisotopic (exact) mass is 397 g/mol. The van der Waals surface area contributed by atoms with Crippen LogP contribution in [0.15, 0.2) is 46.9 Å². The molecule has 0 fully saturated rings. The molecule has 0 aliphatic carbocycles. The molecule has 8 nitrogen and oxygen atoms in total. The Labute approximate surface area is 168 Å². The van der Waals surface area contributed by atoms with E-state index in [1.165, 1.54) is 0 Å². The van der Waals surface area contributed by atoms with Crippen molar-refractivity contribution in [2.24, 2.45) is 0 Å². The summed E-state index contributed by atoms with van der Waals surface area (Å²) >= 11 is 0. The number of methoxy groups -OCH3 is 3. The number of carbonyl (C=O) groups is 1. The minimum Gasteiger partial charge on any atom is -0.496 e. The van der Waals surface area contributed by atoms with Gasteiger partial charge in [0.05, 0.1) is 33.3 Å². The molecule has 0 saturated carbocycles. The Morgan fingerprint density at radius 2 is 1.72 bits per heavy atom. The molecule has 1 amide bonds. The first-order valence-corrected chi connectivity index (χ1v) is 9.08. The number of benzene rings is 2. The molecule has 0 aliphatic heterocycles. The van der Waals surface area contributed by atoms with Crippen molar-refractivity contribution >= 4 is 5.91 Å². The van der Waals surface area contributed by atoms with Crippen molar-refractivity contribution in [3.63, 3.8) is 0 Å². The second-order valence-corrected chi connectivity index (χ2v) is 6.17. The van der Waals surface area contributed by atoms with Crippen LogP contribution in [-0.2, 0) is 17.6 Å². The highest BCUT2D eigenvalue weighted by Gasteiger charge is 2.13. The van der Waals surface area contributed by atoms with Crippen LogP contribution in [0.25, 0.3) is 11.5 Å². The second-order valence-electron chi connectivity index (χ2n) is 6.17. The summed E-state index contributed by atoms with van der Waals surface area (Å²) in [5, 5.41) is 11.0. The van der Waals surface area contributed by atoms with Gasteiger partial charge in [-0.3, -0.25) is 4.79 Å². The average molecular weight is 397 g/mol. The lowest BCUT2D eigenvalue weighted by Crippen LogP contribution is -2.27. The number of carbonyl (C=O) groups excluding carboxylic acids is 1. The molecule has 0 unspecified atom stereocenters. The zero-order valence-corrected chi connectivity index (χ0v) is 16.6. The largest absolute Gasteiger partial charge is 0.496 e. The number of para-hydroxylation sites is 1. The summed E-state index contributed by atoms with van der Waals surface area (Å²) in [5.74, 6) is 2.59. The van der Waals surface area contributed by atoms with Gasteiger partial charge in [0.2, 0.25) is 11.8 Å². The number of amides is 1. The third-order valence-corrected chi connectivity index (χ3v) is 4.28. The minimum atomic E-state index is -0.110. The summed E-state index contributed by atoms with van der Waals surface area (Å²) in [4.78, 5) is 12.2. The lowest BCUT2D eigenvalue weighted by Gasteiger charge is -2.09. The first-order valence-electron chi connectivity index (χ1n) is 9.08. The van der Waals surface area contributed by atoms with Gasteiger partial charge < -0.3 is 23.9 Å². The molecule has 0 radical (unpaired) electrons. The first kappa shape index (κ1) is 20.2. The van der Waals surface area contributed by atoms with Crippen molar-refractivity contribution < 1.29 is 23.4 Å². The minimum absolute atomic E-state index is 0.110. The quantitative estimate of drug-likeness (QED) is 0.593. The highest BCUT2D eigenvalue weighted by molar-refractivity contribution is 5.78. The van der Waals surface area contributed by atoms with E-state index in [0.717, 1.165) is 11.1 Å². The number of rotatable bonds is 9. The van der Waals surface area contributed by atoms with Crippen LogP contribution in [0.5, 0.6) is 17.2 Å². The molecule has 0 aliphatic rings. The van der Waals surface area contributed by atoms with E-state index in [1.807, 2.05) is 30.3 Å². The van der Waals surface area contributed by atoms with Gasteiger partial charge >= 0.3 is 0 Å². The van der Waals surface area contributed by atoms with Gasteiger partial charge in [-0.15, -0.1) is 10.2 Å². The number of aromatic nitrogens is 2. The van der Waals surface area contributed by atoms with Crippen LogP contribution in [0.4, 0.5) is 0 Å². The molecule has 3 rings (SSSR count). The molecular weight excluding hydrogens is 374 g/mol. The van der Waals surface area contributed by atoms with Gasteiger partial charge in [0.1, 0.15) is 5.75 Å². The maximum Gasteiger partial charge on any atom is 0.251 e. The van der Waals surface area contributed by atoms with Crippen molar-refractivity contribution in [2.75, 3.05) is 27.9 Å². The van der Waals surface area contributed by atoms with E-state index in [0.29, 0.717) is 42.0 Å². The van der Waals surface area contributed by atoms with Crippen LogP contribution < -0.4 is 19.5 Å². The Morgan fingerprint density at radius 1 is 0.966 bits per heavy atom. The maximum atomic E-state index is 12.2. The van der Waals surface area contributed by atoms with Crippen molar-refractivity contribution in [1.82, 2.24) is 15.5 Å². The van der Waals surface area contributed by atoms with Crippen LogP contribution in [0.3, 0.4) is 0 Å². The molecule has 3 aromatic rings. The first-order chi connectivity index (χ1) is 14.1. The number of nitrogens with zero attached hydrogens (tertiary/aromatic N) is 2. The van der Waals surface area contributed by atoms with Gasteiger partial charge in [0, 0.05) is 13.0 Å². The smallest absolute Gasteiger partial charge is 0.251 e. The molecule has 29 heavy (non-hydrogen) atoms. The SMILES string of the molecule is COc1ccc(CC(=O)NCCc2nnc(-c3ccccc3OC)o2)cc1OC. The number of ether oxygens (including phenoxy) is 3. The molecule has 2 aromatic carbocycles. The van der Waals surface area contributed by atoms with Gasteiger partial charge in [-0.1, -0.05) is 18.2 Å². The van der Waals surface area contributed by atoms with Gasteiger partial charge in [0.15, 0.2) is 11.5 Å². The third kappa shape index (κ3) is 5.04. The molecule has 1 aromatic heterocycles. The van der Waals surface area contributed by atoms with Crippen molar-refractivity contribution in [2.45, 2.75) is 12.8 Å². The van der Waals surface area contributed by atoms with E-state index in [4.69, 9.17) is 18.6 Å². The Morgan fingerprint density at radius 3 is 2.48 bits per heavy atom. The van der Waals surface area contributed by atoms with Crippen LogP contribution in [-0.4, -0.2) is 44.0 Å². The molecule has 0 spiro atoms. The lowest BCUT2D eigenvalue weighted by atomic mass is 10.1. The fourth-order valence-corrected chi connectivity index (χ4v) is 2.83. The van der Waals surface area contributed by atoms with Crippen LogP contribution in [0, 0.1) is 0 Å². The summed E-state index contributed by atoms with van der Waals surface area (Å²) in [5.41, 5.74) is 1.56. The number of hydrogen-bond acceptors (Lipinski definition) is 7. The highest BCUT2D eigenvalue weighted by atomic mass is 16.5. The zero-order chi connectivity index (χ0) is 20.6. The van der Waals surface area contributed by atoms with E-state index < -0.39 is 0 Å². The Balaban J connectivity index is 1.53. The molecule has 1 heterocycles. The maximum absolute atomic E-state index is 12.2. The van der Waals surface area contributed by atoms with E-state index >= 15 is 0 Å². The topological polar surface area (TPSA) is 95.7 Å². The normalized spacial score (nSPS) is 10.4. The molecule has 0 bridgehead atoms. The molecule has 8 heteroatoms. The summed E-state index contributed by atoms with van der Waals surface area (Å²) in [6.45, 7) is 0.389. The average Bonchev–Trinajstić information content (AvgIpc) is 3.22. The van der Waals surface area contributed by atoms with Crippen LogP contribution >= 0.6 is 0 Å². The molecule has 0 atom stereocenters. The standard InChI is InChI=1S/C21H23N3O5/c1-26-16-7-5-4-6-15(16)21-24-23-20(29-21)10-11-22-19(25)13-14-8-9-17(27-2)18(12-14)28-3/h4-9,12H,10-11,13H2,1-3H3,(H,22,25). The number of nitrogens with one attached hydrogen (secondary N) is 1. The molecule has 0 saturated heterocycles. The van der Waals surface area contributed by atoms with Crippen LogP contribution in [0.1, 0.15) is 11.5 Å². The Bertz CT molecular complexity index is 970. The lowest BCUT2D eigenvalue weighted by molar-refractivity contribution is -0.120. The predicted molar refractivity (Wildman–Crippen MR) is 106 cm³/mol. The summed E-state index contributed by atoms with van der Waals surface area (Å²) in [7, 11) is 4.72. The predicted octanol–water partition coefficient (Wildman–Crippen LogP) is 2.66. The highest BCUT2D eigenvalue weighted by Crippen LogP contribution is 2.29. The summed E-state index contributed by atoms with van der Waals surface area (Å²) < 4.78 is 21.5. The molecule has 1 N–H and O–H groups in total. The zero-order valence-electron chi connectivity index (χ0n) is 16.6. The molecule has 152 valence electrons. The fraction of sp³-hybridized carbons (Fsp3) is 0.286. The van der Waals surface area contributed by atoms with Gasteiger partial charge in [-0.25, -0.2) is 0 Å². The van der Waals surface area contributed by atoms with Crippen molar-refractivity contribution in [3.8, 4) is 28.7 Å². The van der Waals surface area contributed by atoms with Crippen molar-refractivity contribution in [3.05, 3.63) is 53.9 Å². The Hall–Kier alpha value is -3.55. The van der Waals surface area contributed by atoms with E-state index in [-0.39, 0.29) is 12.3 Å². The van der Waals surface area contributed by atoms with E-state index in [9.17, 15) is 4.79 Å².